The molecule has 1 N–H and O–H groups in total. The molecule has 4 nitrogen and oxygen atoms in total. The highest BCUT2D eigenvalue weighted by molar-refractivity contribution is 5.93. The zero-order chi connectivity index (χ0) is 14.2. The number of hydrogen-bond donors (Lipinski definition) is 1. The molecule has 0 aliphatic carbocycles. The molecule has 102 valence electrons. The molecule has 0 spiro atoms. The molecule has 1 aromatic carbocycles. The number of halogens is 2. The summed E-state index contributed by atoms with van der Waals surface area (Å²) < 4.78 is 36.7. The fourth-order valence-electron chi connectivity index (χ4n) is 1.83. The van der Waals surface area contributed by atoms with Crippen molar-refractivity contribution in [3.63, 3.8) is 0 Å². The van der Waals surface area contributed by atoms with Gasteiger partial charge in [0.15, 0.2) is 0 Å². The molecule has 0 saturated carbocycles. The van der Waals surface area contributed by atoms with Gasteiger partial charge in [-0.1, -0.05) is 0 Å². The van der Waals surface area contributed by atoms with Gasteiger partial charge in [-0.15, -0.1) is 0 Å². The van der Waals surface area contributed by atoms with Crippen LogP contribution in [0.3, 0.4) is 0 Å². The molecule has 0 radical (unpaired) electrons. The molecule has 19 heavy (non-hydrogen) atoms. The molecule has 6 heteroatoms. The zero-order valence-corrected chi connectivity index (χ0v) is 10.4. The minimum absolute atomic E-state index is 0.0786. The largest absolute Gasteiger partial charge is 0.463 e. The van der Waals surface area contributed by atoms with Crippen LogP contribution in [0, 0.1) is 0 Å². The number of hydrogen-bond acceptors (Lipinski definition) is 4. The summed E-state index contributed by atoms with van der Waals surface area (Å²) in [5, 5.41) is 9.40. The second-order valence-corrected chi connectivity index (χ2v) is 4.21. The van der Waals surface area contributed by atoms with Crippen LogP contribution in [-0.2, 0) is 17.3 Å². The summed E-state index contributed by atoms with van der Waals surface area (Å²) in [5.41, 5.74) is -0.129. The van der Waals surface area contributed by atoms with Gasteiger partial charge in [-0.2, -0.15) is 0 Å². The lowest BCUT2D eigenvalue weighted by Gasteiger charge is -2.12. The van der Waals surface area contributed by atoms with Crippen LogP contribution in [0.25, 0.3) is 11.0 Å². The number of methoxy groups -OCH3 is 1. The van der Waals surface area contributed by atoms with E-state index in [2.05, 4.69) is 4.74 Å². The average molecular weight is 270 g/mol. The first kappa shape index (κ1) is 13.5. The summed E-state index contributed by atoms with van der Waals surface area (Å²) in [4.78, 5) is 11.3. The zero-order valence-electron chi connectivity index (χ0n) is 10.4. The van der Waals surface area contributed by atoms with Gasteiger partial charge in [-0.3, -0.25) is 0 Å². The van der Waals surface area contributed by atoms with E-state index in [1.165, 1.54) is 19.2 Å². The van der Waals surface area contributed by atoms with Gasteiger partial charge >= 0.3 is 5.97 Å². The maximum absolute atomic E-state index is 13.5. The Morgan fingerprint density at radius 3 is 2.63 bits per heavy atom. The van der Waals surface area contributed by atoms with Crippen LogP contribution < -0.4 is 0 Å². The van der Waals surface area contributed by atoms with Gasteiger partial charge in [0.1, 0.15) is 5.58 Å². The van der Waals surface area contributed by atoms with Crippen LogP contribution in [0.4, 0.5) is 8.78 Å². The number of alkyl halides is 2. The van der Waals surface area contributed by atoms with E-state index in [1.54, 1.807) is 0 Å². The van der Waals surface area contributed by atoms with Crippen molar-refractivity contribution in [1.82, 2.24) is 0 Å². The van der Waals surface area contributed by atoms with Gasteiger partial charge in [-0.05, 0) is 23.8 Å². The van der Waals surface area contributed by atoms with E-state index in [-0.39, 0.29) is 23.5 Å². The number of aliphatic hydroxyl groups is 1. The Bertz CT molecular complexity index is 625. The molecule has 1 aromatic heterocycles. The van der Waals surface area contributed by atoms with Crippen LogP contribution in [0.15, 0.2) is 22.6 Å². The van der Waals surface area contributed by atoms with Gasteiger partial charge in [0.25, 0.3) is 5.92 Å². The Morgan fingerprint density at radius 2 is 2.11 bits per heavy atom. The Kier molecular flexibility index (Phi) is 3.28. The maximum Gasteiger partial charge on any atom is 0.373 e. The Morgan fingerprint density at radius 1 is 1.42 bits per heavy atom. The molecule has 2 aromatic rings. The van der Waals surface area contributed by atoms with E-state index in [0.717, 1.165) is 13.0 Å². The Hall–Kier alpha value is -1.95. The second-order valence-electron chi connectivity index (χ2n) is 4.21. The van der Waals surface area contributed by atoms with Crippen molar-refractivity contribution in [2.75, 3.05) is 7.11 Å². The van der Waals surface area contributed by atoms with Crippen molar-refractivity contribution in [1.29, 1.82) is 0 Å². The highest BCUT2D eigenvalue weighted by atomic mass is 19.3. The van der Waals surface area contributed by atoms with Crippen LogP contribution in [0.1, 0.15) is 28.6 Å². The number of esters is 1. The third-order valence-corrected chi connectivity index (χ3v) is 2.72. The number of ether oxygens (including phenoxy) is 1. The van der Waals surface area contributed by atoms with Crippen LogP contribution in [0.5, 0.6) is 0 Å². The summed E-state index contributed by atoms with van der Waals surface area (Å²) in [6.07, 6.45) is 0. The molecule has 0 aliphatic heterocycles. The van der Waals surface area contributed by atoms with Gasteiger partial charge < -0.3 is 14.3 Å². The van der Waals surface area contributed by atoms with Crippen LogP contribution in [0.2, 0.25) is 0 Å². The van der Waals surface area contributed by atoms with Crippen molar-refractivity contribution in [3.05, 3.63) is 35.1 Å². The SMILES string of the molecule is COC(=O)c1cc2cc(CO)cc(C(C)(F)F)c2o1. The summed E-state index contributed by atoms with van der Waals surface area (Å²) >= 11 is 0. The molecule has 0 atom stereocenters. The monoisotopic (exact) mass is 270 g/mol. The predicted molar refractivity (Wildman–Crippen MR) is 63.0 cm³/mol. The fraction of sp³-hybridized carbons (Fsp3) is 0.308. The highest BCUT2D eigenvalue weighted by Gasteiger charge is 2.30. The number of benzene rings is 1. The molecule has 1 heterocycles. The molecule has 0 bridgehead atoms. The van der Waals surface area contributed by atoms with Gasteiger partial charge in [0.05, 0.1) is 19.3 Å². The molecule has 0 saturated heterocycles. The molecule has 0 unspecified atom stereocenters. The molecular weight excluding hydrogens is 258 g/mol. The number of aliphatic hydroxyl groups excluding tert-OH is 1. The first-order valence-electron chi connectivity index (χ1n) is 5.50. The van der Waals surface area contributed by atoms with Crippen LogP contribution >= 0.6 is 0 Å². The van der Waals surface area contributed by atoms with Gasteiger partial charge in [0, 0.05) is 12.3 Å². The van der Waals surface area contributed by atoms with Crippen molar-refractivity contribution in [3.8, 4) is 0 Å². The molecular formula is C13H12F2O4. The number of carbonyl (C=O) groups excluding carboxylic acids is 1. The average Bonchev–Trinajstić information content (AvgIpc) is 2.78. The van der Waals surface area contributed by atoms with Crippen molar-refractivity contribution in [2.24, 2.45) is 0 Å². The minimum atomic E-state index is -3.14. The Balaban J connectivity index is 2.72. The van der Waals surface area contributed by atoms with E-state index < -0.39 is 11.9 Å². The second kappa shape index (κ2) is 4.62. The number of furan rings is 1. The molecule has 0 amide bonds. The lowest BCUT2D eigenvalue weighted by molar-refractivity contribution is 0.0178. The topological polar surface area (TPSA) is 59.7 Å². The third-order valence-electron chi connectivity index (χ3n) is 2.72. The first-order valence-corrected chi connectivity index (χ1v) is 5.50. The Labute approximate surface area is 107 Å². The standard InChI is InChI=1S/C13H12F2O4/c1-13(14,15)9-4-7(6-16)3-8-5-10(12(17)18-2)19-11(8)9/h3-5,16H,6H2,1-2H3. The lowest BCUT2D eigenvalue weighted by Crippen LogP contribution is -2.08. The molecule has 0 fully saturated rings. The van der Waals surface area contributed by atoms with Crippen LogP contribution in [-0.4, -0.2) is 18.2 Å². The number of fused-ring (bicyclic) bond motifs is 1. The minimum Gasteiger partial charge on any atom is -0.463 e. The quantitative estimate of drug-likeness (QED) is 0.871. The van der Waals surface area contributed by atoms with Gasteiger partial charge in [-0.25, -0.2) is 13.6 Å². The lowest BCUT2D eigenvalue weighted by atomic mass is 10.0. The maximum atomic E-state index is 13.5. The van der Waals surface area contributed by atoms with E-state index in [9.17, 15) is 13.6 Å². The first-order chi connectivity index (χ1) is 8.86. The summed E-state index contributed by atoms with van der Waals surface area (Å²) in [6, 6.07) is 3.96. The van der Waals surface area contributed by atoms with Crippen molar-refractivity contribution < 1.29 is 27.8 Å². The predicted octanol–water partition coefficient (Wildman–Crippen LogP) is 2.82. The summed E-state index contributed by atoms with van der Waals surface area (Å²) in [5.74, 6) is -4.04. The molecule has 0 aliphatic rings. The van der Waals surface area contributed by atoms with E-state index >= 15 is 0 Å². The third kappa shape index (κ3) is 2.44. The number of carbonyl (C=O) groups is 1. The number of rotatable bonds is 3. The van der Waals surface area contributed by atoms with E-state index in [4.69, 9.17) is 9.52 Å². The van der Waals surface area contributed by atoms with Crippen molar-refractivity contribution in [2.45, 2.75) is 19.5 Å². The normalized spacial score (nSPS) is 11.8. The highest BCUT2D eigenvalue weighted by Crippen LogP contribution is 2.35. The van der Waals surface area contributed by atoms with Crippen molar-refractivity contribution >= 4 is 16.9 Å². The fourth-order valence-corrected chi connectivity index (χ4v) is 1.83. The smallest absolute Gasteiger partial charge is 0.373 e. The summed E-state index contributed by atoms with van der Waals surface area (Å²) in [6.45, 7) is 0.348. The van der Waals surface area contributed by atoms with Gasteiger partial charge in [0.2, 0.25) is 5.76 Å². The van der Waals surface area contributed by atoms with E-state index in [0.29, 0.717) is 10.9 Å². The van der Waals surface area contributed by atoms with E-state index in [1.807, 2.05) is 0 Å². The summed E-state index contributed by atoms with van der Waals surface area (Å²) in [7, 11) is 1.17. The molecule has 2 rings (SSSR count).